The molecule has 0 aliphatic heterocycles. The summed E-state index contributed by atoms with van der Waals surface area (Å²) in [5.74, 6) is 0.0908. The summed E-state index contributed by atoms with van der Waals surface area (Å²) in [6.45, 7) is 2.89. The number of amides is 1. The zero-order valence-corrected chi connectivity index (χ0v) is 10.3. The minimum absolute atomic E-state index is 0.0908. The zero-order chi connectivity index (χ0) is 12.0. The largest absolute Gasteiger partial charge is 0.396 e. The molecular weight excluding hydrogens is 206 g/mol. The predicted molar refractivity (Wildman–Crippen MR) is 62.1 cm³/mol. The van der Waals surface area contributed by atoms with Crippen LogP contribution in [0.15, 0.2) is 0 Å². The molecule has 2 N–H and O–H groups in total. The molecule has 1 fully saturated rings. The molecule has 0 aromatic carbocycles. The number of hydrogen-bond donors (Lipinski definition) is 2. The van der Waals surface area contributed by atoms with Crippen LogP contribution in [0, 0.1) is 5.41 Å². The van der Waals surface area contributed by atoms with Gasteiger partial charge >= 0.3 is 0 Å². The van der Waals surface area contributed by atoms with Crippen LogP contribution in [0.1, 0.15) is 39.0 Å². The number of aliphatic hydroxyl groups is 1. The molecular formula is C12H23NO3. The second kappa shape index (κ2) is 6.21. The van der Waals surface area contributed by atoms with E-state index in [0.29, 0.717) is 13.0 Å². The van der Waals surface area contributed by atoms with Crippen LogP contribution in [0.2, 0.25) is 0 Å². The van der Waals surface area contributed by atoms with E-state index in [-0.39, 0.29) is 24.0 Å². The lowest BCUT2D eigenvalue weighted by Gasteiger charge is -2.15. The molecule has 1 aliphatic carbocycles. The van der Waals surface area contributed by atoms with Crippen LogP contribution in [0.4, 0.5) is 0 Å². The number of methoxy groups -OCH3 is 1. The topological polar surface area (TPSA) is 58.6 Å². The second-order valence-corrected chi connectivity index (χ2v) is 4.84. The number of hydrogen-bond acceptors (Lipinski definition) is 3. The van der Waals surface area contributed by atoms with Crippen molar-refractivity contribution in [2.24, 2.45) is 5.41 Å². The Labute approximate surface area is 97.4 Å². The quantitative estimate of drug-likeness (QED) is 0.655. The van der Waals surface area contributed by atoms with Gasteiger partial charge in [-0.3, -0.25) is 4.79 Å². The van der Waals surface area contributed by atoms with E-state index in [1.807, 2.05) is 6.92 Å². The van der Waals surface area contributed by atoms with E-state index < -0.39 is 0 Å². The highest BCUT2D eigenvalue weighted by atomic mass is 16.5. The lowest BCUT2D eigenvalue weighted by Crippen LogP contribution is -2.31. The molecule has 4 nitrogen and oxygen atoms in total. The van der Waals surface area contributed by atoms with Crippen LogP contribution in [0.3, 0.4) is 0 Å². The standard InChI is InChI=1S/C12H23NO3/c1-10(16-2)3-4-11(15)13-9-12(5-6-12)7-8-14/h10,14H,3-9H2,1-2H3,(H,13,15). The van der Waals surface area contributed by atoms with Gasteiger partial charge in [-0.1, -0.05) is 0 Å². The van der Waals surface area contributed by atoms with Gasteiger partial charge in [0.25, 0.3) is 0 Å². The number of rotatable bonds is 8. The summed E-state index contributed by atoms with van der Waals surface area (Å²) in [5.41, 5.74) is 0.206. The van der Waals surface area contributed by atoms with Crippen LogP contribution in [-0.4, -0.2) is 37.4 Å². The van der Waals surface area contributed by atoms with Crippen molar-refractivity contribution in [3.63, 3.8) is 0 Å². The van der Waals surface area contributed by atoms with Gasteiger partial charge in [-0.05, 0) is 38.0 Å². The SMILES string of the molecule is COC(C)CCC(=O)NCC1(CCO)CC1. The third-order valence-electron chi connectivity index (χ3n) is 3.44. The Hall–Kier alpha value is -0.610. The van der Waals surface area contributed by atoms with Crippen molar-refractivity contribution >= 4 is 5.91 Å². The van der Waals surface area contributed by atoms with E-state index in [1.54, 1.807) is 7.11 Å². The summed E-state index contributed by atoms with van der Waals surface area (Å²) in [6, 6.07) is 0. The van der Waals surface area contributed by atoms with Crippen LogP contribution in [-0.2, 0) is 9.53 Å². The Morgan fingerprint density at radius 2 is 2.25 bits per heavy atom. The number of nitrogens with one attached hydrogen (secondary N) is 1. The molecule has 0 heterocycles. The first-order valence-electron chi connectivity index (χ1n) is 6.02. The zero-order valence-electron chi connectivity index (χ0n) is 10.3. The average molecular weight is 229 g/mol. The Kier molecular flexibility index (Phi) is 5.22. The van der Waals surface area contributed by atoms with Crippen molar-refractivity contribution in [3.8, 4) is 0 Å². The third kappa shape index (κ3) is 4.49. The minimum atomic E-state index is 0.0908. The first-order chi connectivity index (χ1) is 7.62. The summed E-state index contributed by atoms with van der Waals surface area (Å²) in [4.78, 5) is 11.5. The van der Waals surface area contributed by atoms with Crippen molar-refractivity contribution < 1.29 is 14.6 Å². The van der Waals surface area contributed by atoms with Crippen molar-refractivity contribution in [1.29, 1.82) is 0 Å². The molecule has 0 radical (unpaired) electrons. The van der Waals surface area contributed by atoms with Gasteiger partial charge in [0.15, 0.2) is 0 Å². The highest BCUT2D eigenvalue weighted by Crippen LogP contribution is 2.47. The minimum Gasteiger partial charge on any atom is -0.396 e. The molecule has 16 heavy (non-hydrogen) atoms. The van der Waals surface area contributed by atoms with E-state index in [4.69, 9.17) is 9.84 Å². The van der Waals surface area contributed by atoms with Crippen molar-refractivity contribution in [3.05, 3.63) is 0 Å². The van der Waals surface area contributed by atoms with Crippen LogP contribution >= 0.6 is 0 Å². The summed E-state index contributed by atoms with van der Waals surface area (Å²) >= 11 is 0. The monoisotopic (exact) mass is 229 g/mol. The summed E-state index contributed by atoms with van der Waals surface area (Å²) in [6.07, 6.45) is 4.48. The summed E-state index contributed by atoms with van der Waals surface area (Å²) < 4.78 is 5.08. The molecule has 0 saturated heterocycles. The smallest absolute Gasteiger partial charge is 0.220 e. The molecule has 4 heteroatoms. The Bertz CT molecular complexity index is 226. The molecule has 1 saturated carbocycles. The molecule has 1 rings (SSSR count). The lowest BCUT2D eigenvalue weighted by atomic mass is 10.0. The number of aliphatic hydroxyl groups excluding tert-OH is 1. The first-order valence-corrected chi connectivity index (χ1v) is 6.02. The van der Waals surface area contributed by atoms with E-state index in [9.17, 15) is 4.79 Å². The highest BCUT2D eigenvalue weighted by Gasteiger charge is 2.41. The van der Waals surface area contributed by atoms with E-state index >= 15 is 0 Å². The molecule has 1 atom stereocenters. The number of ether oxygens (including phenoxy) is 1. The maximum atomic E-state index is 11.5. The van der Waals surface area contributed by atoms with Gasteiger partial charge in [-0.25, -0.2) is 0 Å². The van der Waals surface area contributed by atoms with Crippen molar-refractivity contribution in [2.75, 3.05) is 20.3 Å². The second-order valence-electron chi connectivity index (χ2n) is 4.84. The fourth-order valence-corrected chi connectivity index (χ4v) is 1.76. The van der Waals surface area contributed by atoms with Gasteiger partial charge in [0.05, 0.1) is 6.10 Å². The molecule has 0 spiro atoms. The predicted octanol–water partition coefficient (Wildman–Crippen LogP) is 1.08. The Morgan fingerprint density at radius 1 is 1.56 bits per heavy atom. The average Bonchev–Trinajstić information content (AvgIpc) is 3.04. The van der Waals surface area contributed by atoms with Gasteiger partial charge < -0.3 is 15.2 Å². The maximum absolute atomic E-state index is 11.5. The van der Waals surface area contributed by atoms with Gasteiger partial charge in [-0.2, -0.15) is 0 Å². The maximum Gasteiger partial charge on any atom is 0.220 e. The summed E-state index contributed by atoms with van der Waals surface area (Å²) in [5, 5.41) is 11.8. The van der Waals surface area contributed by atoms with Crippen LogP contribution < -0.4 is 5.32 Å². The van der Waals surface area contributed by atoms with Crippen molar-refractivity contribution in [2.45, 2.75) is 45.1 Å². The van der Waals surface area contributed by atoms with Crippen molar-refractivity contribution in [1.82, 2.24) is 5.32 Å². The van der Waals surface area contributed by atoms with E-state index in [1.165, 1.54) is 0 Å². The molecule has 1 unspecified atom stereocenters. The Balaban J connectivity index is 2.11. The highest BCUT2D eigenvalue weighted by molar-refractivity contribution is 5.75. The third-order valence-corrected chi connectivity index (χ3v) is 3.44. The molecule has 0 aromatic heterocycles. The van der Waals surface area contributed by atoms with E-state index in [0.717, 1.165) is 25.7 Å². The summed E-state index contributed by atoms with van der Waals surface area (Å²) in [7, 11) is 1.66. The number of carbonyl (C=O) groups excluding carboxylic acids is 1. The fourth-order valence-electron chi connectivity index (χ4n) is 1.76. The fraction of sp³-hybridized carbons (Fsp3) is 0.917. The Morgan fingerprint density at radius 3 is 2.75 bits per heavy atom. The normalized spacial score (nSPS) is 19.2. The molecule has 0 aromatic rings. The molecule has 94 valence electrons. The van der Waals surface area contributed by atoms with Crippen LogP contribution in [0.25, 0.3) is 0 Å². The van der Waals surface area contributed by atoms with Gasteiger partial charge in [0.2, 0.25) is 5.91 Å². The molecule has 1 amide bonds. The molecule has 0 bridgehead atoms. The van der Waals surface area contributed by atoms with Crippen LogP contribution in [0.5, 0.6) is 0 Å². The first kappa shape index (κ1) is 13.5. The lowest BCUT2D eigenvalue weighted by molar-refractivity contribution is -0.122. The van der Waals surface area contributed by atoms with Gasteiger partial charge in [0.1, 0.15) is 0 Å². The van der Waals surface area contributed by atoms with Gasteiger partial charge in [0, 0.05) is 26.7 Å². The molecule has 1 aliphatic rings. The number of carbonyl (C=O) groups is 1. The van der Waals surface area contributed by atoms with Gasteiger partial charge in [-0.15, -0.1) is 0 Å². The van der Waals surface area contributed by atoms with E-state index in [2.05, 4.69) is 5.32 Å².